The van der Waals surface area contributed by atoms with Crippen LogP contribution >= 0.6 is 0 Å². The molecule has 0 aliphatic carbocycles. The Morgan fingerprint density at radius 1 is 1.00 bits per heavy atom. The number of hydrogen-bond acceptors (Lipinski definition) is 7. The fraction of sp³-hybridized carbons (Fsp3) is 0.632. The van der Waals surface area contributed by atoms with Crippen molar-refractivity contribution in [1.82, 2.24) is 9.80 Å². The summed E-state index contributed by atoms with van der Waals surface area (Å²) in [4.78, 5) is 17.1. The molecular weight excluding hydrogens is 336 g/mol. The summed E-state index contributed by atoms with van der Waals surface area (Å²) in [5.41, 5.74) is 0.385. The van der Waals surface area contributed by atoms with Gasteiger partial charge in [0.05, 0.1) is 33.5 Å². The van der Waals surface area contributed by atoms with Gasteiger partial charge in [-0.15, -0.1) is 0 Å². The number of benzene rings is 1. The minimum Gasteiger partial charge on any atom is -0.493 e. The molecule has 1 saturated heterocycles. The van der Waals surface area contributed by atoms with Gasteiger partial charge in [-0.2, -0.15) is 0 Å². The van der Waals surface area contributed by atoms with E-state index in [1.54, 1.807) is 12.1 Å². The van der Waals surface area contributed by atoms with Crippen molar-refractivity contribution < 1.29 is 23.7 Å². The van der Waals surface area contributed by atoms with E-state index >= 15 is 0 Å². The molecule has 2 rings (SSSR count). The first-order chi connectivity index (χ1) is 12.6. The van der Waals surface area contributed by atoms with Crippen LogP contribution in [0, 0.1) is 0 Å². The first kappa shape index (κ1) is 20.3. The van der Waals surface area contributed by atoms with Crippen LogP contribution in [-0.4, -0.2) is 83.5 Å². The summed E-state index contributed by atoms with van der Waals surface area (Å²) >= 11 is 0. The van der Waals surface area contributed by atoms with E-state index in [9.17, 15) is 4.79 Å². The van der Waals surface area contributed by atoms with Crippen molar-refractivity contribution in [3.05, 3.63) is 17.7 Å². The molecule has 1 fully saturated rings. The molecule has 0 bridgehead atoms. The van der Waals surface area contributed by atoms with Gasteiger partial charge in [0.15, 0.2) is 11.5 Å². The fourth-order valence-corrected chi connectivity index (χ4v) is 3.06. The smallest absolute Gasteiger partial charge is 0.338 e. The molecule has 0 aromatic heterocycles. The van der Waals surface area contributed by atoms with Gasteiger partial charge in [0.1, 0.15) is 0 Å². The molecule has 1 aliphatic heterocycles. The minimum atomic E-state index is -0.389. The van der Waals surface area contributed by atoms with Crippen LogP contribution in [0.5, 0.6) is 17.2 Å². The van der Waals surface area contributed by atoms with E-state index in [2.05, 4.69) is 16.8 Å². The summed E-state index contributed by atoms with van der Waals surface area (Å²) in [7, 11) is 6.72. The van der Waals surface area contributed by atoms with Gasteiger partial charge in [-0.25, -0.2) is 4.79 Å². The van der Waals surface area contributed by atoms with Crippen molar-refractivity contribution in [2.75, 3.05) is 67.7 Å². The Labute approximate surface area is 155 Å². The number of ether oxygens (including phenoxy) is 4. The first-order valence-electron chi connectivity index (χ1n) is 8.97. The Morgan fingerprint density at radius 2 is 1.69 bits per heavy atom. The molecule has 146 valence electrons. The predicted octanol–water partition coefficient (Wildman–Crippen LogP) is 1.90. The van der Waals surface area contributed by atoms with Gasteiger partial charge in [-0.05, 0) is 45.1 Å². The third kappa shape index (κ3) is 5.51. The van der Waals surface area contributed by atoms with Crippen molar-refractivity contribution in [3.63, 3.8) is 0 Å². The number of methoxy groups -OCH3 is 3. The van der Waals surface area contributed by atoms with Gasteiger partial charge in [-0.1, -0.05) is 0 Å². The third-order valence-corrected chi connectivity index (χ3v) is 4.56. The predicted molar refractivity (Wildman–Crippen MR) is 99.6 cm³/mol. The van der Waals surface area contributed by atoms with E-state index in [1.807, 2.05) is 0 Å². The normalized spacial score (nSPS) is 16.0. The van der Waals surface area contributed by atoms with Gasteiger partial charge in [0.25, 0.3) is 0 Å². The second-order valence-corrected chi connectivity index (χ2v) is 6.40. The lowest BCUT2D eigenvalue weighted by molar-refractivity contribution is 0.0487. The number of esters is 1. The Kier molecular flexibility index (Phi) is 8.00. The summed E-state index contributed by atoms with van der Waals surface area (Å²) in [6.07, 6.45) is 2.00. The zero-order valence-corrected chi connectivity index (χ0v) is 16.2. The standard InChI is InChI=1S/C19H30N2O5/c1-20-7-5-8-21(11-10-20)9-6-12-26-19(22)15-13-16(23-2)18(25-4)17(14-15)24-3/h13-14H,5-12H2,1-4H3. The summed E-state index contributed by atoms with van der Waals surface area (Å²) < 4.78 is 21.2. The highest BCUT2D eigenvalue weighted by Gasteiger charge is 2.18. The van der Waals surface area contributed by atoms with Crippen molar-refractivity contribution in [1.29, 1.82) is 0 Å². The first-order valence-corrected chi connectivity index (χ1v) is 8.97. The van der Waals surface area contributed by atoms with Gasteiger partial charge in [0.2, 0.25) is 5.75 Å². The Balaban J connectivity index is 1.85. The molecular formula is C19H30N2O5. The van der Waals surface area contributed by atoms with Gasteiger partial charge < -0.3 is 28.7 Å². The van der Waals surface area contributed by atoms with Crippen LogP contribution in [0.1, 0.15) is 23.2 Å². The van der Waals surface area contributed by atoms with Gasteiger partial charge in [-0.3, -0.25) is 0 Å². The highest BCUT2D eigenvalue weighted by atomic mass is 16.5. The van der Waals surface area contributed by atoms with Crippen molar-refractivity contribution in [3.8, 4) is 17.2 Å². The van der Waals surface area contributed by atoms with E-state index < -0.39 is 0 Å². The topological polar surface area (TPSA) is 60.5 Å². The van der Waals surface area contributed by atoms with E-state index in [1.165, 1.54) is 27.8 Å². The molecule has 1 aliphatic rings. The van der Waals surface area contributed by atoms with Crippen LogP contribution in [-0.2, 0) is 4.74 Å². The van der Waals surface area contributed by atoms with Gasteiger partial charge in [0, 0.05) is 19.6 Å². The summed E-state index contributed by atoms with van der Waals surface area (Å²) in [5, 5.41) is 0. The minimum absolute atomic E-state index is 0.385. The lowest BCUT2D eigenvalue weighted by Gasteiger charge is -2.19. The average Bonchev–Trinajstić information content (AvgIpc) is 2.87. The fourth-order valence-electron chi connectivity index (χ4n) is 3.06. The monoisotopic (exact) mass is 366 g/mol. The molecule has 0 atom stereocenters. The van der Waals surface area contributed by atoms with Crippen LogP contribution in [0.4, 0.5) is 0 Å². The van der Waals surface area contributed by atoms with Crippen LogP contribution in [0.25, 0.3) is 0 Å². The molecule has 1 heterocycles. The number of carbonyl (C=O) groups is 1. The number of carbonyl (C=O) groups excluding carboxylic acids is 1. The molecule has 1 aromatic carbocycles. The second kappa shape index (κ2) is 10.2. The molecule has 0 spiro atoms. The highest BCUT2D eigenvalue weighted by Crippen LogP contribution is 2.38. The molecule has 7 nitrogen and oxygen atoms in total. The van der Waals surface area contributed by atoms with E-state index in [4.69, 9.17) is 18.9 Å². The number of hydrogen-bond donors (Lipinski definition) is 0. The molecule has 0 radical (unpaired) electrons. The lowest BCUT2D eigenvalue weighted by Crippen LogP contribution is -2.30. The summed E-state index contributed by atoms with van der Waals surface area (Å²) in [5.74, 6) is 0.942. The second-order valence-electron chi connectivity index (χ2n) is 6.40. The molecule has 7 heteroatoms. The molecule has 0 saturated carbocycles. The molecule has 1 aromatic rings. The third-order valence-electron chi connectivity index (χ3n) is 4.56. The van der Waals surface area contributed by atoms with E-state index in [0.29, 0.717) is 29.4 Å². The maximum Gasteiger partial charge on any atom is 0.338 e. The van der Waals surface area contributed by atoms with Crippen LogP contribution in [0.3, 0.4) is 0 Å². The molecule has 0 unspecified atom stereocenters. The van der Waals surface area contributed by atoms with E-state index in [-0.39, 0.29) is 5.97 Å². The van der Waals surface area contributed by atoms with Crippen LogP contribution in [0.2, 0.25) is 0 Å². The number of nitrogens with zero attached hydrogens (tertiary/aromatic N) is 2. The molecule has 26 heavy (non-hydrogen) atoms. The summed E-state index contributed by atoms with van der Waals surface area (Å²) in [6.45, 7) is 5.73. The average molecular weight is 366 g/mol. The van der Waals surface area contributed by atoms with Crippen molar-refractivity contribution >= 4 is 5.97 Å². The maximum absolute atomic E-state index is 12.3. The molecule has 0 amide bonds. The highest BCUT2D eigenvalue weighted by molar-refractivity contribution is 5.91. The Morgan fingerprint density at radius 3 is 2.31 bits per heavy atom. The summed E-state index contributed by atoms with van der Waals surface area (Å²) in [6, 6.07) is 3.21. The molecule has 0 N–H and O–H groups in total. The van der Waals surface area contributed by atoms with Gasteiger partial charge >= 0.3 is 5.97 Å². The SMILES string of the molecule is COc1cc(C(=O)OCCCN2CCCN(C)CC2)cc(OC)c1OC. The number of likely N-dealkylation sites (N-methyl/N-ethyl adjacent to an activating group) is 1. The Bertz CT molecular complexity index is 568. The largest absolute Gasteiger partial charge is 0.493 e. The van der Waals surface area contributed by atoms with Crippen molar-refractivity contribution in [2.45, 2.75) is 12.8 Å². The number of rotatable bonds is 8. The quantitative estimate of drug-likeness (QED) is 0.514. The van der Waals surface area contributed by atoms with Crippen LogP contribution < -0.4 is 14.2 Å². The zero-order chi connectivity index (χ0) is 18.9. The maximum atomic E-state index is 12.3. The zero-order valence-electron chi connectivity index (χ0n) is 16.2. The lowest BCUT2D eigenvalue weighted by atomic mass is 10.2. The Hall–Kier alpha value is -1.99. The van der Waals surface area contributed by atoms with Crippen molar-refractivity contribution in [2.24, 2.45) is 0 Å². The van der Waals surface area contributed by atoms with E-state index in [0.717, 1.165) is 39.1 Å². The van der Waals surface area contributed by atoms with Crippen LogP contribution in [0.15, 0.2) is 12.1 Å².